The van der Waals surface area contributed by atoms with Gasteiger partial charge < -0.3 is 15.4 Å². The minimum Gasteiger partial charge on any atom is -0.439 e. The minimum atomic E-state index is -0.386. The fourth-order valence-electron chi connectivity index (χ4n) is 2.68. The van der Waals surface area contributed by atoms with Crippen molar-refractivity contribution < 1.29 is 18.7 Å². The molecule has 0 fully saturated rings. The number of pyridine rings is 1. The highest BCUT2D eigenvalue weighted by molar-refractivity contribution is 5.80. The Morgan fingerprint density at radius 2 is 1.73 bits per heavy atom. The zero-order valence-corrected chi connectivity index (χ0v) is 16.3. The summed E-state index contributed by atoms with van der Waals surface area (Å²) in [5.41, 5.74) is 1.72. The molecular weight excluding hydrogens is 385 g/mol. The van der Waals surface area contributed by atoms with E-state index < -0.39 is 0 Å². The number of nitrogens with one attached hydrogen (secondary N) is 2. The van der Waals surface area contributed by atoms with Gasteiger partial charge in [-0.25, -0.2) is 9.37 Å². The molecule has 2 aromatic carbocycles. The number of carbonyl (C=O) groups excluding carboxylic acids is 2. The Bertz CT molecular complexity index is 978. The molecule has 0 saturated carbocycles. The van der Waals surface area contributed by atoms with Crippen molar-refractivity contribution in [2.75, 3.05) is 6.54 Å². The Morgan fingerprint density at radius 1 is 0.900 bits per heavy atom. The number of halogens is 1. The number of nitrogens with zero attached hydrogens (tertiary/aromatic N) is 1. The van der Waals surface area contributed by atoms with Crippen molar-refractivity contribution in [1.29, 1.82) is 0 Å². The smallest absolute Gasteiger partial charge is 0.224 e. The molecule has 3 rings (SSSR count). The topological polar surface area (TPSA) is 80.3 Å². The Kier molecular flexibility index (Phi) is 7.49. The van der Waals surface area contributed by atoms with Crippen molar-refractivity contribution in [3.63, 3.8) is 0 Å². The number of hydrogen-bond donors (Lipinski definition) is 2. The lowest BCUT2D eigenvalue weighted by molar-refractivity contribution is -0.122. The molecule has 6 nitrogen and oxygen atoms in total. The van der Waals surface area contributed by atoms with Crippen molar-refractivity contribution in [1.82, 2.24) is 15.6 Å². The highest BCUT2D eigenvalue weighted by Crippen LogP contribution is 2.19. The average Bonchev–Trinajstić information content (AvgIpc) is 2.74. The first-order chi connectivity index (χ1) is 14.6. The van der Waals surface area contributed by atoms with Crippen molar-refractivity contribution in [2.24, 2.45) is 0 Å². The Morgan fingerprint density at radius 3 is 2.47 bits per heavy atom. The molecular formula is C23H22FN3O3. The van der Waals surface area contributed by atoms with Gasteiger partial charge in [0.25, 0.3) is 0 Å². The minimum absolute atomic E-state index is 0.118. The monoisotopic (exact) mass is 407 g/mol. The lowest BCUT2D eigenvalue weighted by Crippen LogP contribution is -2.31. The first-order valence-corrected chi connectivity index (χ1v) is 9.54. The standard InChI is InChI=1S/C23H22FN3O3/c24-19-7-4-8-20(14-19)30-23-10-9-18(16-27-23)15-26-21(28)11-12-25-22(29)13-17-5-2-1-3-6-17/h1-10,14,16H,11-13,15H2,(H,25,29)(H,26,28). The van der Waals surface area contributed by atoms with E-state index in [1.807, 2.05) is 30.3 Å². The van der Waals surface area contributed by atoms with Crippen LogP contribution in [0.3, 0.4) is 0 Å². The highest BCUT2D eigenvalue weighted by atomic mass is 19.1. The summed E-state index contributed by atoms with van der Waals surface area (Å²) in [5, 5.41) is 5.52. The lowest BCUT2D eigenvalue weighted by Gasteiger charge is -2.08. The molecule has 0 radical (unpaired) electrons. The molecule has 1 heterocycles. The van der Waals surface area contributed by atoms with Gasteiger partial charge in [-0.15, -0.1) is 0 Å². The fraction of sp³-hybridized carbons (Fsp3) is 0.174. The van der Waals surface area contributed by atoms with Gasteiger partial charge in [0.05, 0.1) is 6.42 Å². The van der Waals surface area contributed by atoms with Crippen LogP contribution in [0.5, 0.6) is 11.6 Å². The van der Waals surface area contributed by atoms with E-state index in [2.05, 4.69) is 15.6 Å². The highest BCUT2D eigenvalue weighted by Gasteiger charge is 2.06. The molecule has 0 aliphatic heterocycles. The lowest BCUT2D eigenvalue weighted by atomic mass is 10.1. The summed E-state index contributed by atoms with van der Waals surface area (Å²) in [4.78, 5) is 28.0. The second kappa shape index (κ2) is 10.7. The van der Waals surface area contributed by atoms with Crippen LogP contribution in [0, 0.1) is 5.82 Å². The van der Waals surface area contributed by atoms with Gasteiger partial charge in [0, 0.05) is 37.8 Å². The van der Waals surface area contributed by atoms with Gasteiger partial charge in [0.2, 0.25) is 17.7 Å². The summed E-state index contributed by atoms with van der Waals surface area (Å²) in [7, 11) is 0. The molecule has 2 N–H and O–H groups in total. The van der Waals surface area contributed by atoms with E-state index in [0.29, 0.717) is 18.2 Å². The number of amides is 2. The summed E-state index contributed by atoms with van der Waals surface area (Å²) < 4.78 is 18.7. The maximum Gasteiger partial charge on any atom is 0.224 e. The quantitative estimate of drug-likeness (QED) is 0.570. The van der Waals surface area contributed by atoms with Gasteiger partial charge in [-0.1, -0.05) is 42.5 Å². The molecule has 3 aromatic rings. The van der Waals surface area contributed by atoms with E-state index in [-0.39, 0.29) is 37.0 Å². The molecule has 30 heavy (non-hydrogen) atoms. The SMILES string of the molecule is O=C(CCNC(=O)Cc1ccccc1)NCc1ccc(Oc2cccc(F)c2)nc1. The van der Waals surface area contributed by atoms with E-state index in [9.17, 15) is 14.0 Å². The molecule has 1 aromatic heterocycles. The summed E-state index contributed by atoms with van der Waals surface area (Å²) in [5.74, 6) is 0.0138. The van der Waals surface area contributed by atoms with Gasteiger partial charge in [-0.3, -0.25) is 9.59 Å². The molecule has 0 spiro atoms. The molecule has 0 unspecified atom stereocenters. The Labute approximate surface area is 174 Å². The third kappa shape index (κ3) is 7.01. The van der Waals surface area contributed by atoms with E-state index in [1.165, 1.54) is 12.1 Å². The molecule has 154 valence electrons. The molecule has 7 heteroatoms. The van der Waals surface area contributed by atoms with Crippen LogP contribution in [-0.2, 0) is 22.6 Å². The molecule has 0 aliphatic carbocycles. The maximum absolute atomic E-state index is 13.2. The van der Waals surface area contributed by atoms with E-state index >= 15 is 0 Å². The van der Waals surface area contributed by atoms with E-state index in [4.69, 9.17) is 4.74 Å². The zero-order chi connectivity index (χ0) is 21.2. The van der Waals surface area contributed by atoms with Crippen LogP contribution >= 0.6 is 0 Å². The molecule has 0 bridgehead atoms. The first kappa shape index (κ1) is 21.0. The largest absolute Gasteiger partial charge is 0.439 e. The van der Waals surface area contributed by atoms with Crippen LogP contribution < -0.4 is 15.4 Å². The van der Waals surface area contributed by atoms with Gasteiger partial charge >= 0.3 is 0 Å². The Hall–Kier alpha value is -3.74. The third-order valence-corrected chi connectivity index (χ3v) is 4.19. The first-order valence-electron chi connectivity index (χ1n) is 9.54. The van der Waals surface area contributed by atoms with Crippen molar-refractivity contribution in [3.8, 4) is 11.6 Å². The number of hydrogen-bond acceptors (Lipinski definition) is 4. The summed E-state index contributed by atoms with van der Waals surface area (Å²) >= 11 is 0. The normalized spacial score (nSPS) is 10.3. The maximum atomic E-state index is 13.2. The van der Waals surface area contributed by atoms with Crippen LogP contribution in [0.1, 0.15) is 17.5 Å². The van der Waals surface area contributed by atoms with E-state index in [0.717, 1.165) is 11.1 Å². The summed E-state index contributed by atoms with van der Waals surface area (Å²) in [6.45, 7) is 0.584. The summed E-state index contributed by atoms with van der Waals surface area (Å²) in [6, 6.07) is 18.6. The predicted molar refractivity (Wildman–Crippen MR) is 110 cm³/mol. The third-order valence-electron chi connectivity index (χ3n) is 4.19. The molecule has 0 atom stereocenters. The Balaban J connectivity index is 1.35. The van der Waals surface area contributed by atoms with Crippen LogP contribution in [0.25, 0.3) is 0 Å². The number of carbonyl (C=O) groups is 2. The van der Waals surface area contributed by atoms with Gasteiger partial charge in [0.1, 0.15) is 11.6 Å². The number of aromatic nitrogens is 1. The van der Waals surface area contributed by atoms with Crippen molar-refractivity contribution >= 4 is 11.8 Å². The number of ether oxygens (including phenoxy) is 1. The van der Waals surface area contributed by atoms with Crippen molar-refractivity contribution in [2.45, 2.75) is 19.4 Å². The number of benzene rings is 2. The fourth-order valence-corrected chi connectivity index (χ4v) is 2.68. The second-order valence-corrected chi connectivity index (χ2v) is 6.60. The molecule has 2 amide bonds. The predicted octanol–water partition coefficient (Wildman–Crippen LogP) is 3.38. The van der Waals surface area contributed by atoms with Crippen LogP contribution in [-0.4, -0.2) is 23.3 Å². The summed E-state index contributed by atoms with van der Waals surface area (Å²) in [6.07, 6.45) is 2.06. The molecule has 0 aliphatic rings. The average molecular weight is 407 g/mol. The van der Waals surface area contributed by atoms with Crippen LogP contribution in [0.2, 0.25) is 0 Å². The number of rotatable bonds is 9. The van der Waals surface area contributed by atoms with Crippen LogP contribution in [0.4, 0.5) is 4.39 Å². The van der Waals surface area contributed by atoms with Gasteiger partial charge in [-0.05, 0) is 23.3 Å². The second-order valence-electron chi connectivity index (χ2n) is 6.60. The zero-order valence-electron chi connectivity index (χ0n) is 16.3. The van der Waals surface area contributed by atoms with Crippen molar-refractivity contribution in [3.05, 3.63) is 89.9 Å². The molecule has 0 saturated heterocycles. The van der Waals surface area contributed by atoms with Gasteiger partial charge in [-0.2, -0.15) is 0 Å². The van der Waals surface area contributed by atoms with Crippen LogP contribution in [0.15, 0.2) is 72.9 Å². The van der Waals surface area contributed by atoms with Gasteiger partial charge in [0.15, 0.2) is 0 Å². The van der Waals surface area contributed by atoms with E-state index in [1.54, 1.807) is 30.5 Å².